The fourth-order valence-electron chi connectivity index (χ4n) is 1.92. The van der Waals surface area contributed by atoms with Crippen LogP contribution in [0.3, 0.4) is 0 Å². The maximum Gasteiger partial charge on any atom is 0.107 e. The average Bonchev–Trinajstić information content (AvgIpc) is 2.34. The molecule has 0 aromatic heterocycles. The number of thiocarbonyl (C=S) groups is 1. The average molecular weight is 268 g/mol. The van der Waals surface area contributed by atoms with Crippen LogP contribution in [0.4, 0.5) is 5.69 Å². The number of anilines is 1. The molecule has 1 rings (SSSR count). The summed E-state index contributed by atoms with van der Waals surface area (Å²) in [6, 6.07) is 6.25. The van der Waals surface area contributed by atoms with Gasteiger partial charge >= 0.3 is 0 Å². The number of thioether (sulfide) groups is 1. The minimum atomic E-state index is 0.486. The molecule has 0 saturated heterocycles. The van der Waals surface area contributed by atoms with Crippen molar-refractivity contribution in [1.82, 2.24) is 0 Å². The van der Waals surface area contributed by atoms with Crippen molar-refractivity contribution < 1.29 is 0 Å². The van der Waals surface area contributed by atoms with Gasteiger partial charge in [0.1, 0.15) is 4.99 Å². The Labute approximate surface area is 114 Å². The van der Waals surface area contributed by atoms with Crippen molar-refractivity contribution in [3.05, 3.63) is 23.8 Å². The minimum absolute atomic E-state index is 0.486. The Kier molecular flexibility index (Phi) is 5.78. The summed E-state index contributed by atoms with van der Waals surface area (Å²) in [7, 11) is 0. The van der Waals surface area contributed by atoms with Gasteiger partial charge < -0.3 is 10.6 Å². The lowest BCUT2D eigenvalue weighted by molar-refractivity contribution is 0.790. The molecule has 1 aromatic rings. The van der Waals surface area contributed by atoms with Crippen molar-refractivity contribution in [3.63, 3.8) is 0 Å². The molecule has 4 heteroatoms. The Morgan fingerprint density at radius 2 is 2.12 bits per heavy atom. The molecule has 0 aliphatic heterocycles. The van der Waals surface area contributed by atoms with Gasteiger partial charge in [0.15, 0.2) is 0 Å². The summed E-state index contributed by atoms with van der Waals surface area (Å²) in [5.41, 5.74) is 8.05. The smallest absolute Gasteiger partial charge is 0.107 e. The highest BCUT2D eigenvalue weighted by Crippen LogP contribution is 2.29. The zero-order valence-corrected chi connectivity index (χ0v) is 12.3. The minimum Gasteiger partial charge on any atom is -0.389 e. The maximum atomic E-state index is 5.87. The van der Waals surface area contributed by atoms with Crippen LogP contribution in [0.25, 0.3) is 0 Å². The fourth-order valence-corrected chi connectivity index (χ4v) is 2.83. The summed E-state index contributed by atoms with van der Waals surface area (Å²) in [4.78, 5) is 3.97. The normalized spacial score (nSPS) is 10.3. The van der Waals surface area contributed by atoms with Crippen LogP contribution in [0.15, 0.2) is 23.1 Å². The van der Waals surface area contributed by atoms with E-state index in [1.54, 1.807) is 11.8 Å². The zero-order chi connectivity index (χ0) is 12.8. The summed E-state index contributed by atoms with van der Waals surface area (Å²) in [5, 5.41) is 0. The van der Waals surface area contributed by atoms with E-state index in [-0.39, 0.29) is 0 Å². The quantitative estimate of drug-likeness (QED) is 0.633. The van der Waals surface area contributed by atoms with Gasteiger partial charge in [0.05, 0.1) is 0 Å². The molecule has 0 radical (unpaired) electrons. The molecule has 0 aliphatic carbocycles. The van der Waals surface area contributed by atoms with Crippen LogP contribution < -0.4 is 10.6 Å². The van der Waals surface area contributed by atoms with Gasteiger partial charge in [0.2, 0.25) is 0 Å². The largest absolute Gasteiger partial charge is 0.389 e. The van der Waals surface area contributed by atoms with E-state index in [4.69, 9.17) is 18.0 Å². The zero-order valence-electron chi connectivity index (χ0n) is 10.7. The molecular formula is C13H20N2S2. The molecule has 1 aromatic carbocycles. The van der Waals surface area contributed by atoms with Crippen molar-refractivity contribution >= 4 is 34.7 Å². The van der Waals surface area contributed by atoms with Crippen molar-refractivity contribution in [2.45, 2.75) is 25.2 Å². The molecule has 0 heterocycles. The molecule has 0 aliphatic rings. The van der Waals surface area contributed by atoms with Crippen LogP contribution in [-0.2, 0) is 0 Å². The Bertz CT molecular complexity index is 391. The molecule has 0 atom stereocenters. The molecule has 94 valence electrons. The molecule has 2 N–H and O–H groups in total. The molecule has 17 heavy (non-hydrogen) atoms. The van der Waals surface area contributed by atoms with E-state index in [2.05, 4.69) is 43.2 Å². The second kappa shape index (κ2) is 6.87. The van der Waals surface area contributed by atoms with Crippen LogP contribution in [0, 0.1) is 0 Å². The van der Waals surface area contributed by atoms with Crippen LogP contribution in [-0.4, -0.2) is 24.3 Å². The lowest BCUT2D eigenvalue weighted by Gasteiger charge is -2.26. The number of rotatable bonds is 6. The third-order valence-corrected chi connectivity index (χ3v) is 3.67. The van der Waals surface area contributed by atoms with E-state index in [1.165, 1.54) is 0 Å². The maximum absolute atomic E-state index is 5.87. The number of benzene rings is 1. The van der Waals surface area contributed by atoms with E-state index in [1.807, 2.05) is 0 Å². The summed E-state index contributed by atoms with van der Waals surface area (Å²) in [5.74, 6) is 0. The highest BCUT2D eigenvalue weighted by molar-refractivity contribution is 7.98. The predicted molar refractivity (Wildman–Crippen MR) is 82.3 cm³/mol. The number of nitrogens with two attached hydrogens (primary N) is 1. The van der Waals surface area contributed by atoms with Crippen LogP contribution in [0.2, 0.25) is 0 Å². The first-order valence-electron chi connectivity index (χ1n) is 5.87. The summed E-state index contributed by atoms with van der Waals surface area (Å²) < 4.78 is 0. The van der Waals surface area contributed by atoms with Crippen molar-refractivity contribution in [3.8, 4) is 0 Å². The van der Waals surface area contributed by atoms with Crippen LogP contribution in [0.5, 0.6) is 0 Å². The topological polar surface area (TPSA) is 29.3 Å². The van der Waals surface area contributed by atoms with Crippen molar-refractivity contribution in [2.24, 2.45) is 5.73 Å². The first kappa shape index (κ1) is 14.3. The third-order valence-electron chi connectivity index (χ3n) is 2.69. The molecule has 0 unspecified atom stereocenters. The van der Waals surface area contributed by atoms with Crippen molar-refractivity contribution in [1.29, 1.82) is 0 Å². The number of hydrogen-bond donors (Lipinski definition) is 1. The highest BCUT2D eigenvalue weighted by atomic mass is 32.2. The highest BCUT2D eigenvalue weighted by Gasteiger charge is 2.14. The second-order valence-electron chi connectivity index (χ2n) is 3.80. The van der Waals surface area contributed by atoms with E-state index in [0.29, 0.717) is 4.99 Å². The Hall–Kier alpha value is -0.740. The van der Waals surface area contributed by atoms with E-state index in [0.717, 1.165) is 35.7 Å². The lowest BCUT2D eigenvalue weighted by atomic mass is 10.1. The van der Waals surface area contributed by atoms with Gasteiger partial charge in [-0.3, -0.25) is 0 Å². The third kappa shape index (κ3) is 3.36. The first-order chi connectivity index (χ1) is 8.15. The van der Waals surface area contributed by atoms with Gasteiger partial charge in [-0.2, -0.15) is 0 Å². The molecule has 0 bridgehead atoms. The Morgan fingerprint density at radius 3 is 2.59 bits per heavy atom. The molecule has 0 spiro atoms. The van der Waals surface area contributed by atoms with E-state index < -0.39 is 0 Å². The van der Waals surface area contributed by atoms with E-state index in [9.17, 15) is 0 Å². The van der Waals surface area contributed by atoms with Gasteiger partial charge in [-0.25, -0.2) is 0 Å². The second-order valence-corrected chi connectivity index (χ2v) is 5.09. The number of nitrogens with zero attached hydrogens (tertiary/aromatic N) is 1. The Morgan fingerprint density at radius 1 is 1.41 bits per heavy atom. The molecule has 0 saturated carbocycles. The van der Waals surface area contributed by atoms with E-state index >= 15 is 0 Å². The molecule has 0 fully saturated rings. The van der Waals surface area contributed by atoms with Crippen LogP contribution >= 0.6 is 24.0 Å². The van der Waals surface area contributed by atoms with Gasteiger partial charge in [-0.1, -0.05) is 25.2 Å². The van der Waals surface area contributed by atoms with Gasteiger partial charge in [0, 0.05) is 29.2 Å². The van der Waals surface area contributed by atoms with Gasteiger partial charge in [-0.15, -0.1) is 11.8 Å². The molecule has 0 amide bonds. The fraction of sp³-hybridized carbons (Fsp3) is 0.462. The molecule has 2 nitrogen and oxygen atoms in total. The van der Waals surface area contributed by atoms with Crippen molar-refractivity contribution in [2.75, 3.05) is 24.2 Å². The monoisotopic (exact) mass is 268 g/mol. The Balaban J connectivity index is 3.25. The van der Waals surface area contributed by atoms with Crippen LogP contribution in [0.1, 0.15) is 25.8 Å². The summed E-state index contributed by atoms with van der Waals surface area (Å²) in [6.45, 7) is 6.34. The summed E-state index contributed by atoms with van der Waals surface area (Å²) in [6.07, 6.45) is 3.17. The first-order valence-corrected chi connectivity index (χ1v) is 7.50. The van der Waals surface area contributed by atoms with Gasteiger partial charge in [-0.05, 0) is 31.7 Å². The van der Waals surface area contributed by atoms with Gasteiger partial charge in [0.25, 0.3) is 0 Å². The lowest BCUT2D eigenvalue weighted by Crippen LogP contribution is -2.27. The standard InChI is InChI=1S/C13H20N2S2/c1-4-9-15(5-2)10-7-6-8-11(17-3)12(10)13(14)16/h6-8H,4-5,9H2,1-3H3,(H2,14,16). The molecular weight excluding hydrogens is 248 g/mol. The number of hydrogen-bond acceptors (Lipinski definition) is 3. The predicted octanol–water partition coefficient (Wildman–Crippen LogP) is 3.28. The summed E-state index contributed by atoms with van der Waals surface area (Å²) >= 11 is 6.88. The SMILES string of the molecule is CCCN(CC)c1cccc(SC)c1C(N)=S.